The van der Waals surface area contributed by atoms with E-state index in [4.69, 9.17) is 0 Å². The van der Waals surface area contributed by atoms with Gasteiger partial charge < -0.3 is 0 Å². The smallest absolute Gasteiger partial charge is 0.0196 e. The molecule has 0 amide bonds. The van der Waals surface area contributed by atoms with Crippen LogP contribution in [0.15, 0.2) is 50.6 Å². The zero-order valence-corrected chi connectivity index (χ0v) is 11.2. The monoisotopic (exact) mass is 240 g/mol. The van der Waals surface area contributed by atoms with Gasteiger partial charge in [0.05, 0.1) is 0 Å². The van der Waals surface area contributed by atoms with Crippen LogP contribution in [-0.2, 0) is 0 Å². The van der Waals surface area contributed by atoms with E-state index in [1.807, 2.05) is 0 Å². The van der Waals surface area contributed by atoms with Gasteiger partial charge in [-0.3, -0.25) is 0 Å². The Morgan fingerprint density at radius 2 is 0.722 bits per heavy atom. The maximum absolute atomic E-state index is 4.05. The topological polar surface area (TPSA) is 0 Å². The van der Waals surface area contributed by atoms with Gasteiger partial charge in [-0.05, 0) is 60.2 Å². The van der Waals surface area contributed by atoms with Crippen LogP contribution in [-0.4, -0.2) is 0 Å². The summed E-state index contributed by atoms with van der Waals surface area (Å²) in [4.78, 5) is 0. The normalized spacial score (nSPS) is 52.9. The molecule has 3 fully saturated rings. The highest BCUT2D eigenvalue weighted by Gasteiger charge is 2.64. The first-order valence-corrected chi connectivity index (χ1v) is 7.27. The maximum Gasteiger partial charge on any atom is -0.0196 e. The summed E-state index contributed by atoms with van der Waals surface area (Å²) in [5.74, 6) is 6.14. The quantitative estimate of drug-likeness (QED) is 0.635. The van der Waals surface area contributed by atoms with Crippen molar-refractivity contribution in [1.29, 1.82) is 0 Å². The molecule has 3 aliphatic carbocycles. The minimum Gasteiger partial charge on any atom is -0.103 e. The molecule has 96 valence electrons. The predicted octanol–water partition coefficient (Wildman–Crippen LogP) is 4.48. The molecule has 0 aromatic heterocycles. The van der Waals surface area contributed by atoms with Crippen molar-refractivity contribution in [3.8, 4) is 0 Å². The van der Waals surface area contributed by atoms with E-state index in [0.717, 1.165) is 23.7 Å². The molecule has 0 bridgehead atoms. The zero-order valence-electron chi connectivity index (χ0n) is 11.2. The third-order valence-electron chi connectivity index (χ3n) is 6.05. The molecule has 3 rings (SSSR count). The highest BCUT2D eigenvalue weighted by molar-refractivity contribution is 5.21. The van der Waals surface area contributed by atoms with E-state index in [2.05, 4.69) is 50.6 Å². The molecule has 3 saturated carbocycles. The van der Waals surface area contributed by atoms with Crippen molar-refractivity contribution < 1.29 is 0 Å². The van der Waals surface area contributed by atoms with E-state index in [1.165, 1.54) is 12.8 Å². The van der Waals surface area contributed by atoms with Crippen LogP contribution in [0.5, 0.6) is 0 Å². The van der Waals surface area contributed by atoms with Crippen molar-refractivity contribution in [2.24, 2.45) is 47.3 Å². The molecular weight excluding hydrogens is 216 g/mol. The van der Waals surface area contributed by atoms with Gasteiger partial charge in [-0.25, -0.2) is 0 Å². The Morgan fingerprint density at radius 1 is 0.500 bits per heavy atom. The first-order chi connectivity index (χ1) is 8.76. The molecule has 0 heterocycles. The van der Waals surface area contributed by atoms with Gasteiger partial charge in [-0.2, -0.15) is 0 Å². The molecular formula is C18H24. The summed E-state index contributed by atoms with van der Waals surface area (Å²) < 4.78 is 0. The predicted molar refractivity (Wildman–Crippen MR) is 77.9 cm³/mol. The first kappa shape index (κ1) is 12.0. The molecule has 4 atom stereocenters. The van der Waals surface area contributed by atoms with Crippen molar-refractivity contribution in [3.05, 3.63) is 50.6 Å². The number of fused-ring (bicyclic) bond motifs is 4. The summed E-state index contributed by atoms with van der Waals surface area (Å²) in [7, 11) is 0. The fraction of sp³-hybridized carbons (Fsp3) is 0.556. The molecule has 0 aliphatic heterocycles. The molecule has 0 heteroatoms. The van der Waals surface area contributed by atoms with Crippen molar-refractivity contribution in [2.75, 3.05) is 0 Å². The average molecular weight is 240 g/mol. The Morgan fingerprint density at radius 3 is 0.889 bits per heavy atom. The van der Waals surface area contributed by atoms with Crippen molar-refractivity contribution in [1.82, 2.24) is 0 Å². The van der Waals surface area contributed by atoms with Crippen LogP contribution in [0.3, 0.4) is 0 Å². The highest BCUT2D eigenvalue weighted by Crippen LogP contribution is 2.69. The van der Waals surface area contributed by atoms with Gasteiger partial charge in [-0.15, -0.1) is 26.3 Å². The summed E-state index contributed by atoms with van der Waals surface area (Å²) in [5, 5.41) is 0. The molecule has 0 spiro atoms. The second-order valence-corrected chi connectivity index (χ2v) is 6.38. The lowest BCUT2D eigenvalue weighted by molar-refractivity contribution is -0.0269. The molecule has 3 aliphatic rings. The van der Waals surface area contributed by atoms with Gasteiger partial charge in [0.25, 0.3) is 0 Å². The van der Waals surface area contributed by atoms with E-state index < -0.39 is 0 Å². The first-order valence-electron chi connectivity index (χ1n) is 7.27. The third kappa shape index (κ3) is 1.32. The van der Waals surface area contributed by atoms with Crippen LogP contribution >= 0.6 is 0 Å². The van der Waals surface area contributed by atoms with Crippen LogP contribution in [0.2, 0.25) is 0 Å². The van der Waals surface area contributed by atoms with Crippen LogP contribution in [0.25, 0.3) is 0 Å². The third-order valence-corrected chi connectivity index (χ3v) is 6.05. The van der Waals surface area contributed by atoms with E-state index in [9.17, 15) is 0 Å². The molecule has 18 heavy (non-hydrogen) atoms. The minimum atomic E-state index is 0.699. The lowest BCUT2D eigenvalue weighted by Crippen LogP contribution is -2.48. The standard InChI is InChI=1S/C18H24/c1-5-11-9-12(6-2)16-15(11)17-13(7-3)10-14(8-4)18(16)17/h5-8,11-18H,1-4,9-10H2. The van der Waals surface area contributed by atoms with E-state index in [1.54, 1.807) is 0 Å². The Kier molecular flexibility index (Phi) is 2.84. The van der Waals surface area contributed by atoms with E-state index in [-0.39, 0.29) is 0 Å². The van der Waals surface area contributed by atoms with Crippen LogP contribution in [0.1, 0.15) is 12.8 Å². The number of hydrogen-bond acceptors (Lipinski definition) is 0. The van der Waals surface area contributed by atoms with E-state index >= 15 is 0 Å². The van der Waals surface area contributed by atoms with Crippen LogP contribution in [0, 0.1) is 47.3 Å². The van der Waals surface area contributed by atoms with Crippen molar-refractivity contribution in [3.63, 3.8) is 0 Å². The average Bonchev–Trinajstić information content (AvgIpc) is 2.85. The van der Waals surface area contributed by atoms with Gasteiger partial charge in [-0.1, -0.05) is 24.3 Å². The van der Waals surface area contributed by atoms with Crippen molar-refractivity contribution >= 4 is 0 Å². The summed E-state index contributed by atoms with van der Waals surface area (Å²) in [6.45, 7) is 16.2. The molecule has 0 nitrogen and oxygen atoms in total. The fourth-order valence-corrected chi connectivity index (χ4v) is 5.43. The Hall–Kier alpha value is -1.04. The summed E-state index contributed by atoms with van der Waals surface area (Å²) >= 11 is 0. The summed E-state index contributed by atoms with van der Waals surface area (Å²) in [6, 6.07) is 0. The molecule has 0 aromatic rings. The molecule has 0 N–H and O–H groups in total. The molecule has 0 aromatic carbocycles. The second kappa shape index (κ2) is 4.26. The summed E-state index contributed by atoms with van der Waals surface area (Å²) in [6.07, 6.45) is 11.3. The number of rotatable bonds is 4. The van der Waals surface area contributed by atoms with E-state index in [0.29, 0.717) is 23.7 Å². The number of allylic oxidation sites excluding steroid dienone is 4. The fourth-order valence-electron chi connectivity index (χ4n) is 5.43. The van der Waals surface area contributed by atoms with Crippen LogP contribution < -0.4 is 0 Å². The maximum atomic E-state index is 4.05. The lowest BCUT2D eigenvalue weighted by atomic mass is 9.52. The van der Waals surface area contributed by atoms with Gasteiger partial charge in [0.15, 0.2) is 0 Å². The molecule has 0 radical (unpaired) electrons. The Labute approximate surface area is 111 Å². The van der Waals surface area contributed by atoms with Crippen molar-refractivity contribution in [2.45, 2.75) is 12.8 Å². The molecule has 4 unspecified atom stereocenters. The largest absolute Gasteiger partial charge is 0.103 e. The van der Waals surface area contributed by atoms with Gasteiger partial charge in [0.1, 0.15) is 0 Å². The second-order valence-electron chi connectivity index (χ2n) is 6.38. The Balaban J connectivity index is 1.93. The Bertz CT molecular complexity index is 309. The highest BCUT2D eigenvalue weighted by atomic mass is 14.7. The van der Waals surface area contributed by atoms with Crippen LogP contribution in [0.4, 0.5) is 0 Å². The van der Waals surface area contributed by atoms with Gasteiger partial charge in [0, 0.05) is 0 Å². The molecule has 0 saturated heterocycles. The SMILES string of the molecule is C=CC1CC(C=C)C2C1C1C(C=C)CC(C=C)C21. The van der Waals surface area contributed by atoms with Gasteiger partial charge in [0.2, 0.25) is 0 Å². The zero-order chi connectivity index (χ0) is 12.9. The van der Waals surface area contributed by atoms with Gasteiger partial charge >= 0.3 is 0 Å². The lowest BCUT2D eigenvalue weighted by Gasteiger charge is -2.51. The minimum absolute atomic E-state index is 0.699. The number of hydrogen-bond donors (Lipinski definition) is 0. The summed E-state index contributed by atoms with van der Waals surface area (Å²) in [5.41, 5.74) is 0.